The molecule has 0 bridgehead atoms. The minimum atomic E-state index is -0.984. The van der Waals surface area contributed by atoms with Gasteiger partial charge in [0.1, 0.15) is 16.6 Å². The first kappa shape index (κ1) is 21.9. The standard InChI is InChI=1S/C28H23N3O2S/c1-2-3-16-31-26(25(28(32)33)20-13-9-15-30-27(20)31)23(18-10-5-4-6-11-18)24-19-12-7-8-14-21(19)34-22(24)17-29/h4-15,23H,2-3,16H2,1H3,(H,32,33). The molecule has 0 radical (unpaired) electrons. The van der Waals surface area contributed by atoms with Gasteiger partial charge in [0.05, 0.1) is 11.5 Å². The van der Waals surface area contributed by atoms with Crippen LogP contribution in [-0.2, 0) is 6.54 Å². The van der Waals surface area contributed by atoms with E-state index in [0.29, 0.717) is 28.1 Å². The van der Waals surface area contributed by atoms with Gasteiger partial charge in [-0.1, -0.05) is 61.9 Å². The smallest absolute Gasteiger partial charge is 0.338 e. The highest BCUT2D eigenvalue weighted by molar-refractivity contribution is 7.19. The van der Waals surface area contributed by atoms with E-state index in [1.165, 1.54) is 11.3 Å². The number of thiophene rings is 1. The molecule has 1 unspecified atom stereocenters. The van der Waals surface area contributed by atoms with E-state index in [9.17, 15) is 15.2 Å². The van der Waals surface area contributed by atoms with Gasteiger partial charge < -0.3 is 9.67 Å². The van der Waals surface area contributed by atoms with Crippen molar-refractivity contribution in [2.75, 3.05) is 0 Å². The summed E-state index contributed by atoms with van der Waals surface area (Å²) in [5.74, 6) is -1.41. The van der Waals surface area contributed by atoms with Gasteiger partial charge in [-0.15, -0.1) is 11.3 Å². The summed E-state index contributed by atoms with van der Waals surface area (Å²) in [5, 5.41) is 22.2. The molecule has 0 fully saturated rings. The molecular weight excluding hydrogens is 442 g/mol. The number of aromatic carboxylic acids is 1. The molecule has 34 heavy (non-hydrogen) atoms. The highest BCUT2D eigenvalue weighted by Gasteiger charge is 2.33. The summed E-state index contributed by atoms with van der Waals surface area (Å²) >= 11 is 1.45. The molecule has 3 heterocycles. The van der Waals surface area contributed by atoms with E-state index in [0.717, 1.165) is 34.1 Å². The maximum Gasteiger partial charge on any atom is 0.338 e. The highest BCUT2D eigenvalue weighted by Crippen LogP contribution is 2.45. The predicted molar refractivity (Wildman–Crippen MR) is 136 cm³/mol. The minimum Gasteiger partial charge on any atom is -0.478 e. The topological polar surface area (TPSA) is 78.9 Å². The molecule has 0 aliphatic heterocycles. The van der Waals surface area contributed by atoms with Gasteiger partial charge in [-0.2, -0.15) is 5.26 Å². The van der Waals surface area contributed by atoms with E-state index in [4.69, 9.17) is 0 Å². The van der Waals surface area contributed by atoms with Crippen LogP contribution in [0.25, 0.3) is 21.1 Å². The van der Waals surface area contributed by atoms with Crippen LogP contribution in [0.15, 0.2) is 72.9 Å². The third kappa shape index (κ3) is 3.55. The Morgan fingerprint density at radius 1 is 1.09 bits per heavy atom. The van der Waals surface area contributed by atoms with Crippen molar-refractivity contribution in [2.45, 2.75) is 32.2 Å². The molecule has 3 aromatic heterocycles. The van der Waals surface area contributed by atoms with E-state index in [1.54, 1.807) is 12.3 Å². The van der Waals surface area contributed by atoms with Gasteiger partial charge in [0.25, 0.3) is 0 Å². The molecule has 0 aliphatic rings. The fourth-order valence-electron chi connectivity index (χ4n) is 4.80. The van der Waals surface area contributed by atoms with Crippen LogP contribution in [0.4, 0.5) is 0 Å². The van der Waals surface area contributed by atoms with Crippen LogP contribution in [0.5, 0.6) is 0 Å². The molecule has 0 amide bonds. The van der Waals surface area contributed by atoms with Crippen LogP contribution in [0.2, 0.25) is 0 Å². The molecule has 1 N–H and O–H groups in total. The SMILES string of the molecule is CCCCn1c(C(c2ccccc2)c2c(C#N)sc3ccccc23)c(C(=O)O)c2cccnc21. The second-order valence-electron chi connectivity index (χ2n) is 8.24. The fourth-order valence-corrected chi connectivity index (χ4v) is 5.84. The van der Waals surface area contributed by atoms with Crippen molar-refractivity contribution in [3.63, 3.8) is 0 Å². The third-order valence-corrected chi connectivity index (χ3v) is 7.33. The number of pyridine rings is 1. The molecule has 0 spiro atoms. The van der Waals surface area contributed by atoms with Gasteiger partial charge >= 0.3 is 5.97 Å². The van der Waals surface area contributed by atoms with Gasteiger partial charge in [-0.05, 0) is 35.6 Å². The Hall–Kier alpha value is -3.95. The lowest BCUT2D eigenvalue weighted by molar-refractivity contribution is 0.0697. The molecule has 6 heteroatoms. The number of unbranched alkanes of at least 4 members (excludes halogenated alkanes) is 1. The summed E-state index contributed by atoms with van der Waals surface area (Å²) in [4.78, 5) is 17.9. The zero-order chi connectivity index (χ0) is 23.7. The van der Waals surface area contributed by atoms with E-state index < -0.39 is 11.9 Å². The summed E-state index contributed by atoms with van der Waals surface area (Å²) in [5.41, 5.74) is 3.42. The van der Waals surface area contributed by atoms with Crippen LogP contribution in [0.1, 0.15) is 57.7 Å². The molecule has 5 nitrogen and oxygen atoms in total. The van der Waals surface area contributed by atoms with E-state index in [2.05, 4.69) is 22.5 Å². The summed E-state index contributed by atoms with van der Waals surface area (Å²) in [6, 6.07) is 23.9. The van der Waals surface area contributed by atoms with Crippen LogP contribution >= 0.6 is 11.3 Å². The Morgan fingerprint density at radius 2 is 1.82 bits per heavy atom. The first-order valence-corrected chi connectivity index (χ1v) is 12.1. The van der Waals surface area contributed by atoms with Gasteiger partial charge in [0.15, 0.2) is 0 Å². The minimum absolute atomic E-state index is 0.257. The second kappa shape index (κ2) is 9.12. The number of carboxylic acid groups (broad SMARTS) is 1. The molecule has 0 aliphatic carbocycles. The normalized spacial score (nSPS) is 12.1. The summed E-state index contributed by atoms with van der Waals surface area (Å²) in [6.45, 7) is 2.77. The maximum absolute atomic E-state index is 12.7. The summed E-state index contributed by atoms with van der Waals surface area (Å²) in [7, 11) is 0. The Kier molecular flexibility index (Phi) is 5.87. The average Bonchev–Trinajstić information content (AvgIpc) is 3.40. The molecular formula is C28H23N3O2S. The molecule has 2 aromatic carbocycles. The quantitative estimate of drug-likeness (QED) is 0.287. The molecule has 5 rings (SSSR count). The number of benzene rings is 2. The molecule has 5 aromatic rings. The fraction of sp³-hybridized carbons (Fsp3) is 0.179. The molecule has 168 valence electrons. The number of carboxylic acids is 1. The molecule has 0 saturated carbocycles. The van der Waals surface area contributed by atoms with E-state index >= 15 is 0 Å². The average molecular weight is 466 g/mol. The van der Waals surface area contributed by atoms with Crippen LogP contribution in [0.3, 0.4) is 0 Å². The number of rotatable bonds is 7. The van der Waals surface area contributed by atoms with Crippen molar-refractivity contribution >= 4 is 38.4 Å². The third-order valence-electron chi connectivity index (χ3n) is 6.24. The van der Waals surface area contributed by atoms with Crippen molar-refractivity contribution in [2.24, 2.45) is 0 Å². The van der Waals surface area contributed by atoms with E-state index in [1.807, 2.05) is 60.7 Å². The first-order chi connectivity index (χ1) is 16.7. The number of nitriles is 1. The number of aromatic nitrogens is 2. The van der Waals surface area contributed by atoms with Crippen LogP contribution < -0.4 is 0 Å². The lowest BCUT2D eigenvalue weighted by atomic mass is 9.84. The zero-order valence-electron chi connectivity index (χ0n) is 18.7. The van der Waals surface area contributed by atoms with Gasteiger partial charge in [0, 0.05) is 34.1 Å². The van der Waals surface area contributed by atoms with Crippen molar-refractivity contribution in [1.29, 1.82) is 5.26 Å². The zero-order valence-corrected chi connectivity index (χ0v) is 19.5. The Morgan fingerprint density at radius 3 is 2.56 bits per heavy atom. The predicted octanol–water partition coefficient (Wildman–Crippen LogP) is 6.80. The summed E-state index contributed by atoms with van der Waals surface area (Å²) < 4.78 is 3.08. The van der Waals surface area contributed by atoms with Gasteiger partial charge in [-0.3, -0.25) is 0 Å². The Labute approximate surface area is 201 Å². The Balaban J connectivity index is 1.94. The molecule has 1 atom stereocenters. The van der Waals surface area contributed by atoms with Crippen molar-refractivity contribution in [3.8, 4) is 6.07 Å². The number of aryl methyl sites for hydroxylation is 1. The van der Waals surface area contributed by atoms with Crippen molar-refractivity contribution in [3.05, 3.63) is 100 Å². The summed E-state index contributed by atoms with van der Waals surface area (Å²) in [6.07, 6.45) is 3.57. The maximum atomic E-state index is 12.7. The second-order valence-corrected chi connectivity index (χ2v) is 9.29. The monoisotopic (exact) mass is 465 g/mol. The number of hydrogen-bond donors (Lipinski definition) is 1. The number of fused-ring (bicyclic) bond motifs is 2. The largest absolute Gasteiger partial charge is 0.478 e. The van der Waals surface area contributed by atoms with Crippen LogP contribution in [0, 0.1) is 11.3 Å². The van der Waals surface area contributed by atoms with Crippen LogP contribution in [-0.4, -0.2) is 20.6 Å². The molecule has 0 saturated heterocycles. The number of carbonyl (C=O) groups is 1. The number of hydrogen-bond acceptors (Lipinski definition) is 4. The van der Waals surface area contributed by atoms with Gasteiger partial charge in [0.2, 0.25) is 0 Å². The first-order valence-electron chi connectivity index (χ1n) is 11.3. The van der Waals surface area contributed by atoms with E-state index in [-0.39, 0.29) is 5.56 Å². The van der Waals surface area contributed by atoms with Crippen molar-refractivity contribution < 1.29 is 9.90 Å². The number of nitrogens with zero attached hydrogens (tertiary/aromatic N) is 3. The van der Waals surface area contributed by atoms with Gasteiger partial charge in [-0.25, -0.2) is 9.78 Å². The lowest BCUT2D eigenvalue weighted by Gasteiger charge is -2.22. The lowest BCUT2D eigenvalue weighted by Crippen LogP contribution is -2.15. The van der Waals surface area contributed by atoms with Crippen molar-refractivity contribution in [1.82, 2.24) is 9.55 Å². The Bertz CT molecular complexity index is 1540. The highest BCUT2D eigenvalue weighted by atomic mass is 32.1.